The standard InChI is InChI=1S/C15H28N4/c1-5-7-16-15-17-13(4)9-19(15)11-14-6-8-18(10-14)12(2)3/h9,12,14H,5-8,10-11H2,1-4H3,(H,16,17). The highest BCUT2D eigenvalue weighted by Gasteiger charge is 2.25. The molecular formula is C15H28N4. The fourth-order valence-electron chi connectivity index (χ4n) is 2.82. The molecule has 0 spiro atoms. The Bertz CT molecular complexity index is 397. The molecule has 1 atom stereocenters. The summed E-state index contributed by atoms with van der Waals surface area (Å²) < 4.78 is 2.31. The molecule has 0 amide bonds. The number of nitrogens with zero attached hydrogens (tertiary/aromatic N) is 3. The third-order valence-corrected chi connectivity index (χ3v) is 3.93. The minimum Gasteiger partial charge on any atom is -0.356 e. The predicted molar refractivity (Wildman–Crippen MR) is 80.6 cm³/mol. The van der Waals surface area contributed by atoms with Crippen molar-refractivity contribution in [3.63, 3.8) is 0 Å². The molecule has 4 heteroatoms. The molecule has 2 rings (SSSR count). The van der Waals surface area contributed by atoms with Crippen LogP contribution in [0.5, 0.6) is 0 Å². The van der Waals surface area contributed by atoms with Gasteiger partial charge in [0.05, 0.1) is 5.69 Å². The highest BCUT2D eigenvalue weighted by molar-refractivity contribution is 5.28. The van der Waals surface area contributed by atoms with E-state index in [2.05, 4.69) is 53.7 Å². The third-order valence-electron chi connectivity index (χ3n) is 3.93. The molecule has 1 saturated heterocycles. The highest BCUT2D eigenvalue weighted by Crippen LogP contribution is 2.22. The van der Waals surface area contributed by atoms with Crippen LogP contribution in [-0.4, -0.2) is 40.1 Å². The number of aromatic nitrogens is 2. The van der Waals surface area contributed by atoms with Gasteiger partial charge in [0, 0.05) is 31.9 Å². The Labute approximate surface area is 117 Å². The Morgan fingerprint density at radius 3 is 2.89 bits per heavy atom. The minimum atomic E-state index is 0.673. The van der Waals surface area contributed by atoms with Crippen molar-refractivity contribution < 1.29 is 0 Å². The van der Waals surface area contributed by atoms with Crippen LogP contribution in [-0.2, 0) is 6.54 Å². The number of nitrogens with one attached hydrogen (secondary N) is 1. The average molecular weight is 264 g/mol. The van der Waals surface area contributed by atoms with E-state index in [1.807, 2.05) is 0 Å². The maximum atomic E-state index is 4.58. The molecule has 2 heterocycles. The molecule has 0 saturated carbocycles. The van der Waals surface area contributed by atoms with E-state index < -0.39 is 0 Å². The number of imidazole rings is 1. The first-order valence-electron chi connectivity index (χ1n) is 7.61. The Kier molecular flexibility index (Phi) is 4.86. The maximum absolute atomic E-state index is 4.58. The van der Waals surface area contributed by atoms with Gasteiger partial charge in [-0.15, -0.1) is 0 Å². The van der Waals surface area contributed by atoms with E-state index in [0.717, 1.165) is 37.1 Å². The lowest BCUT2D eigenvalue weighted by Crippen LogP contribution is -2.28. The zero-order chi connectivity index (χ0) is 13.8. The SMILES string of the molecule is CCCNc1nc(C)cn1CC1CCN(C(C)C)C1. The molecule has 1 aromatic heterocycles. The van der Waals surface area contributed by atoms with Crippen LogP contribution in [0.2, 0.25) is 0 Å². The summed E-state index contributed by atoms with van der Waals surface area (Å²) in [7, 11) is 0. The van der Waals surface area contributed by atoms with Crippen molar-refractivity contribution in [3.8, 4) is 0 Å². The van der Waals surface area contributed by atoms with Gasteiger partial charge in [-0.05, 0) is 46.1 Å². The van der Waals surface area contributed by atoms with Crippen molar-refractivity contribution in [3.05, 3.63) is 11.9 Å². The van der Waals surface area contributed by atoms with E-state index in [1.54, 1.807) is 0 Å². The summed E-state index contributed by atoms with van der Waals surface area (Å²) in [5.41, 5.74) is 1.11. The zero-order valence-electron chi connectivity index (χ0n) is 12.8. The molecule has 0 bridgehead atoms. The number of likely N-dealkylation sites (tertiary alicyclic amines) is 1. The van der Waals surface area contributed by atoms with Gasteiger partial charge in [0.2, 0.25) is 5.95 Å². The Balaban J connectivity index is 1.95. The molecule has 4 nitrogen and oxygen atoms in total. The highest BCUT2D eigenvalue weighted by atomic mass is 15.2. The van der Waals surface area contributed by atoms with Gasteiger partial charge in [0.1, 0.15) is 0 Å². The Morgan fingerprint density at radius 2 is 2.26 bits per heavy atom. The third kappa shape index (κ3) is 3.72. The molecule has 1 aliphatic heterocycles. The molecule has 1 aromatic rings. The lowest BCUT2D eigenvalue weighted by molar-refractivity contribution is 0.261. The number of rotatable bonds is 6. The molecule has 108 valence electrons. The molecule has 1 unspecified atom stereocenters. The molecule has 19 heavy (non-hydrogen) atoms. The summed E-state index contributed by atoms with van der Waals surface area (Å²) in [6.07, 6.45) is 4.62. The van der Waals surface area contributed by atoms with Crippen LogP contribution in [0.4, 0.5) is 5.95 Å². The van der Waals surface area contributed by atoms with E-state index in [-0.39, 0.29) is 0 Å². The van der Waals surface area contributed by atoms with Crippen LogP contribution in [0.15, 0.2) is 6.20 Å². The van der Waals surface area contributed by atoms with Crippen molar-refractivity contribution in [2.75, 3.05) is 25.0 Å². The normalized spacial score (nSPS) is 20.4. The van der Waals surface area contributed by atoms with Crippen LogP contribution in [0.3, 0.4) is 0 Å². The lowest BCUT2D eigenvalue weighted by Gasteiger charge is -2.20. The fourth-order valence-corrected chi connectivity index (χ4v) is 2.82. The van der Waals surface area contributed by atoms with E-state index in [9.17, 15) is 0 Å². The molecule has 0 radical (unpaired) electrons. The predicted octanol–water partition coefficient (Wildman–Crippen LogP) is 2.74. The van der Waals surface area contributed by atoms with Crippen LogP contribution in [0, 0.1) is 12.8 Å². The molecule has 0 aliphatic carbocycles. The molecule has 1 aliphatic rings. The second kappa shape index (κ2) is 6.42. The van der Waals surface area contributed by atoms with Gasteiger partial charge in [-0.25, -0.2) is 4.98 Å². The lowest BCUT2D eigenvalue weighted by atomic mass is 10.1. The smallest absolute Gasteiger partial charge is 0.203 e. The van der Waals surface area contributed by atoms with Crippen molar-refractivity contribution in [1.82, 2.24) is 14.5 Å². The second-order valence-corrected chi connectivity index (χ2v) is 6.03. The first-order valence-corrected chi connectivity index (χ1v) is 7.61. The number of hydrogen-bond acceptors (Lipinski definition) is 3. The number of anilines is 1. The summed E-state index contributed by atoms with van der Waals surface area (Å²) in [6, 6.07) is 0.673. The van der Waals surface area contributed by atoms with Crippen LogP contribution >= 0.6 is 0 Å². The Morgan fingerprint density at radius 1 is 1.47 bits per heavy atom. The van der Waals surface area contributed by atoms with Gasteiger partial charge >= 0.3 is 0 Å². The quantitative estimate of drug-likeness (QED) is 0.857. The molecule has 0 aromatic carbocycles. The van der Waals surface area contributed by atoms with Gasteiger partial charge in [0.15, 0.2) is 0 Å². The van der Waals surface area contributed by atoms with Crippen molar-refractivity contribution in [2.45, 2.75) is 53.1 Å². The topological polar surface area (TPSA) is 33.1 Å². The van der Waals surface area contributed by atoms with Gasteiger partial charge < -0.3 is 14.8 Å². The van der Waals surface area contributed by atoms with Gasteiger partial charge in [-0.1, -0.05) is 6.92 Å². The van der Waals surface area contributed by atoms with Gasteiger partial charge in [-0.2, -0.15) is 0 Å². The van der Waals surface area contributed by atoms with E-state index in [1.165, 1.54) is 19.5 Å². The minimum absolute atomic E-state index is 0.673. The Hall–Kier alpha value is -1.03. The largest absolute Gasteiger partial charge is 0.356 e. The van der Waals surface area contributed by atoms with Crippen molar-refractivity contribution in [2.24, 2.45) is 5.92 Å². The number of hydrogen-bond donors (Lipinski definition) is 1. The first kappa shape index (κ1) is 14.4. The second-order valence-electron chi connectivity index (χ2n) is 6.03. The van der Waals surface area contributed by atoms with Crippen LogP contribution in [0.25, 0.3) is 0 Å². The first-order chi connectivity index (χ1) is 9.10. The van der Waals surface area contributed by atoms with Crippen molar-refractivity contribution >= 4 is 5.95 Å². The van der Waals surface area contributed by atoms with Crippen LogP contribution < -0.4 is 5.32 Å². The summed E-state index contributed by atoms with van der Waals surface area (Å²) in [5.74, 6) is 1.81. The van der Waals surface area contributed by atoms with E-state index >= 15 is 0 Å². The molecular weight excluding hydrogens is 236 g/mol. The summed E-state index contributed by atoms with van der Waals surface area (Å²) in [5, 5.41) is 3.43. The van der Waals surface area contributed by atoms with E-state index in [4.69, 9.17) is 0 Å². The van der Waals surface area contributed by atoms with Gasteiger partial charge in [-0.3, -0.25) is 0 Å². The van der Waals surface area contributed by atoms with Crippen LogP contribution in [0.1, 0.15) is 39.3 Å². The molecule has 1 fully saturated rings. The summed E-state index contributed by atoms with van der Waals surface area (Å²) in [6.45, 7) is 13.4. The van der Waals surface area contributed by atoms with E-state index in [0.29, 0.717) is 6.04 Å². The van der Waals surface area contributed by atoms with Crippen molar-refractivity contribution in [1.29, 1.82) is 0 Å². The molecule has 1 N–H and O–H groups in total. The average Bonchev–Trinajstić information content (AvgIpc) is 2.94. The summed E-state index contributed by atoms with van der Waals surface area (Å²) >= 11 is 0. The number of aryl methyl sites for hydroxylation is 1. The summed E-state index contributed by atoms with van der Waals surface area (Å²) in [4.78, 5) is 7.16. The monoisotopic (exact) mass is 264 g/mol. The zero-order valence-corrected chi connectivity index (χ0v) is 12.8. The maximum Gasteiger partial charge on any atom is 0.203 e. The fraction of sp³-hybridized carbons (Fsp3) is 0.800. The van der Waals surface area contributed by atoms with Gasteiger partial charge in [0.25, 0.3) is 0 Å².